The van der Waals surface area contributed by atoms with Crippen molar-refractivity contribution in [2.75, 3.05) is 32.8 Å². The standard InChI is InChI=1S/C19H23ClN4O2.ClH/c1-23-11-13(8-22-23)15-9-21-10-16(15)19(25)24-6-7-26-18(12-24)14-4-2-3-5-17(14)20;/h2-5,8,11,15-16,18,21H,6-7,9-10,12H2,1H3;1H/t15-,16+,18?;/m1./s1. The van der Waals surface area contributed by atoms with E-state index in [1.54, 1.807) is 4.68 Å². The second kappa shape index (κ2) is 8.61. The molecule has 1 aromatic carbocycles. The maximum absolute atomic E-state index is 13.2. The van der Waals surface area contributed by atoms with Gasteiger partial charge < -0.3 is 15.0 Å². The smallest absolute Gasteiger partial charge is 0.227 e. The van der Waals surface area contributed by atoms with Crippen LogP contribution in [0, 0.1) is 5.92 Å². The Morgan fingerprint density at radius 3 is 2.89 bits per heavy atom. The molecule has 0 radical (unpaired) electrons. The summed E-state index contributed by atoms with van der Waals surface area (Å²) in [6.07, 6.45) is 3.70. The van der Waals surface area contributed by atoms with Crippen LogP contribution in [-0.4, -0.2) is 53.4 Å². The zero-order valence-corrected chi connectivity index (χ0v) is 16.7. The molecule has 146 valence electrons. The number of hydrogen-bond donors (Lipinski definition) is 1. The quantitative estimate of drug-likeness (QED) is 0.843. The van der Waals surface area contributed by atoms with E-state index in [-0.39, 0.29) is 36.3 Å². The number of carbonyl (C=O) groups excluding carboxylic acids is 1. The van der Waals surface area contributed by atoms with Crippen molar-refractivity contribution < 1.29 is 9.53 Å². The summed E-state index contributed by atoms with van der Waals surface area (Å²) in [7, 11) is 1.90. The van der Waals surface area contributed by atoms with Crippen LogP contribution in [0.3, 0.4) is 0 Å². The molecule has 1 N–H and O–H groups in total. The van der Waals surface area contributed by atoms with E-state index in [0.29, 0.717) is 31.3 Å². The summed E-state index contributed by atoms with van der Waals surface area (Å²) in [5, 5.41) is 8.31. The van der Waals surface area contributed by atoms with Crippen LogP contribution in [0.25, 0.3) is 0 Å². The zero-order valence-electron chi connectivity index (χ0n) is 15.2. The lowest BCUT2D eigenvalue weighted by Crippen LogP contribution is -2.46. The molecule has 0 bridgehead atoms. The van der Waals surface area contributed by atoms with Gasteiger partial charge in [-0.15, -0.1) is 12.4 Å². The summed E-state index contributed by atoms with van der Waals surface area (Å²) in [6, 6.07) is 7.68. The minimum absolute atomic E-state index is 0. The number of hydrogen-bond acceptors (Lipinski definition) is 4. The third-order valence-corrected chi connectivity index (χ3v) is 5.66. The van der Waals surface area contributed by atoms with E-state index in [0.717, 1.165) is 17.7 Å². The van der Waals surface area contributed by atoms with Crippen LogP contribution < -0.4 is 5.32 Å². The largest absolute Gasteiger partial charge is 0.370 e. The van der Waals surface area contributed by atoms with Crippen molar-refractivity contribution >= 4 is 29.9 Å². The SMILES string of the molecule is Cl.Cn1cc([C@H]2CNC[C@@H]2C(=O)N2CCOC(c3ccccc3Cl)C2)cn1. The predicted molar refractivity (Wildman–Crippen MR) is 106 cm³/mol. The summed E-state index contributed by atoms with van der Waals surface area (Å²) in [4.78, 5) is 15.2. The number of aryl methyl sites for hydroxylation is 1. The topological polar surface area (TPSA) is 59.4 Å². The molecule has 6 nitrogen and oxygen atoms in total. The summed E-state index contributed by atoms with van der Waals surface area (Å²) < 4.78 is 7.68. The predicted octanol–water partition coefficient (Wildman–Crippen LogP) is 2.40. The molecule has 3 atom stereocenters. The van der Waals surface area contributed by atoms with Gasteiger partial charge in [0.1, 0.15) is 6.10 Å². The molecule has 2 fully saturated rings. The van der Waals surface area contributed by atoms with Gasteiger partial charge in [0, 0.05) is 49.4 Å². The maximum atomic E-state index is 13.2. The van der Waals surface area contributed by atoms with Gasteiger partial charge in [-0.2, -0.15) is 5.10 Å². The average molecular weight is 411 g/mol. The lowest BCUT2D eigenvalue weighted by Gasteiger charge is -2.35. The molecule has 2 saturated heterocycles. The number of rotatable bonds is 3. The Bertz CT molecular complexity index is 798. The molecule has 0 aliphatic carbocycles. The number of morpholine rings is 1. The van der Waals surface area contributed by atoms with E-state index < -0.39 is 0 Å². The molecule has 1 aromatic heterocycles. The average Bonchev–Trinajstić information content (AvgIpc) is 3.30. The minimum atomic E-state index is -0.174. The minimum Gasteiger partial charge on any atom is -0.370 e. The zero-order chi connectivity index (χ0) is 18.1. The van der Waals surface area contributed by atoms with Gasteiger partial charge in [-0.05, 0) is 11.6 Å². The highest BCUT2D eigenvalue weighted by Crippen LogP contribution is 2.32. The third kappa shape index (κ3) is 4.14. The first-order valence-electron chi connectivity index (χ1n) is 8.97. The van der Waals surface area contributed by atoms with Crippen molar-refractivity contribution in [3.63, 3.8) is 0 Å². The molecule has 2 aromatic rings. The van der Waals surface area contributed by atoms with Crippen LogP contribution in [0.5, 0.6) is 0 Å². The van der Waals surface area contributed by atoms with Crippen molar-refractivity contribution in [2.45, 2.75) is 12.0 Å². The summed E-state index contributed by atoms with van der Waals surface area (Å²) >= 11 is 6.31. The Hall–Kier alpha value is -1.60. The molecule has 27 heavy (non-hydrogen) atoms. The first-order valence-corrected chi connectivity index (χ1v) is 9.35. The molecule has 1 amide bonds. The number of carbonyl (C=O) groups is 1. The lowest BCUT2D eigenvalue weighted by atomic mass is 9.89. The second-order valence-corrected chi connectivity index (χ2v) is 7.39. The van der Waals surface area contributed by atoms with Gasteiger partial charge in [-0.25, -0.2) is 0 Å². The van der Waals surface area contributed by atoms with Gasteiger partial charge in [0.2, 0.25) is 5.91 Å². The van der Waals surface area contributed by atoms with E-state index in [9.17, 15) is 4.79 Å². The fraction of sp³-hybridized carbons (Fsp3) is 0.474. The van der Waals surface area contributed by atoms with Crippen LogP contribution in [0.15, 0.2) is 36.7 Å². The van der Waals surface area contributed by atoms with Gasteiger partial charge in [0.05, 0.1) is 25.3 Å². The maximum Gasteiger partial charge on any atom is 0.227 e. The van der Waals surface area contributed by atoms with E-state index in [4.69, 9.17) is 16.3 Å². The molecule has 4 rings (SSSR count). The van der Waals surface area contributed by atoms with E-state index in [1.165, 1.54) is 0 Å². The number of amides is 1. The number of nitrogens with one attached hydrogen (secondary N) is 1. The Morgan fingerprint density at radius 2 is 2.15 bits per heavy atom. The highest BCUT2D eigenvalue weighted by molar-refractivity contribution is 6.31. The molecule has 2 aliphatic heterocycles. The summed E-state index contributed by atoms with van der Waals surface area (Å²) in [6.45, 7) is 3.20. The molecule has 3 heterocycles. The van der Waals surface area contributed by atoms with Crippen molar-refractivity contribution in [1.29, 1.82) is 0 Å². The van der Waals surface area contributed by atoms with Gasteiger partial charge in [-0.3, -0.25) is 9.48 Å². The van der Waals surface area contributed by atoms with Crippen LogP contribution in [-0.2, 0) is 16.6 Å². The molecule has 8 heteroatoms. The monoisotopic (exact) mass is 410 g/mol. The van der Waals surface area contributed by atoms with Gasteiger partial charge in [-0.1, -0.05) is 29.8 Å². The third-order valence-electron chi connectivity index (χ3n) is 5.31. The molecular formula is C19H24Cl2N4O2. The van der Waals surface area contributed by atoms with Gasteiger partial charge in [0.25, 0.3) is 0 Å². The number of benzene rings is 1. The first-order chi connectivity index (χ1) is 12.6. The molecule has 0 spiro atoms. The summed E-state index contributed by atoms with van der Waals surface area (Å²) in [5.74, 6) is 0.284. The molecule has 2 aliphatic rings. The molecular weight excluding hydrogens is 387 g/mol. The van der Waals surface area contributed by atoms with Crippen molar-refractivity contribution in [1.82, 2.24) is 20.0 Å². The lowest BCUT2D eigenvalue weighted by molar-refractivity contribution is -0.143. The number of nitrogens with zero attached hydrogens (tertiary/aromatic N) is 3. The molecule has 0 saturated carbocycles. The second-order valence-electron chi connectivity index (χ2n) is 6.98. The van der Waals surface area contributed by atoms with Gasteiger partial charge >= 0.3 is 0 Å². The first kappa shape index (κ1) is 20.1. The highest BCUT2D eigenvalue weighted by atomic mass is 35.5. The van der Waals surface area contributed by atoms with Crippen LogP contribution in [0.4, 0.5) is 0 Å². The normalized spacial score (nSPS) is 25.3. The van der Waals surface area contributed by atoms with E-state index >= 15 is 0 Å². The fourth-order valence-electron chi connectivity index (χ4n) is 3.93. The van der Waals surface area contributed by atoms with Gasteiger partial charge in [0.15, 0.2) is 0 Å². The Morgan fingerprint density at radius 1 is 1.33 bits per heavy atom. The number of ether oxygens (including phenoxy) is 1. The number of aromatic nitrogens is 2. The fourth-order valence-corrected chi connectivity index (χ4v) is 4.19. The Kier molecular flexibility index (Phi) is 6.42. The van der Waals surface area contributed by atoms with Crippen LogP contribution in [0.2, 0.25) is 5.02 Å². The van der Waals surface area contributed by atoms with E-state index in [1.807, 2.05) is 48.6 Å². The highest BCUT2D eigenvalue weighted by Gasteiger charge is 2.38. The van der Waals surface area contributed by atoms with Crippen molar-refractivity contribution in [3.8, 4) is 0 Å². The van der Waals surface area contributed by atoms with Crippen molar-refractivity contribution in [2.24, 2.45) is 13.0 Å². The number of halogens is 2. The van der Waals surface area contributed by atoms with Crippen molar-refractivity contribution in [3.05, 3.63) is 52.8 Å². The Labute approximate surface area is 170 Å². The van der Waals surface area contributed by atoms with Crippen LogP contribution in [0.1, 0.15) is 23.1 Å². The van der Waals surface area contributed by atoms with E-state index in [2.05, 4.69) is 10.4 Å². The summed E-state index contributed by atoms with van der Waals surface area (Å²) in [5.41, 5.74) is 2.06. The molecule has 1 unspecified atom stereocenters. The van der Waals surface area contributed by atoms with Crippen LogP contribution >= 0.6 is 24.0 Å². The Balaban J connectivity index is 0.00000210.